The van der Waals surface area contributed by atoms with Crippen LogP contribution in [0.1, 0.15) is 5.48 Å². The molecule has 9 rings (SSSR count). The molecule has 0 fully saturated rings. The summed E-state index contributed by atoms with van der Waals surface area (Å²) in [4.78, 5) is 0. The summed E-state index contributed by atoms with van der Waals surface area (Å²) in [5.41, 5.74) is 3.45. The third-order valence-corrected chi connectivity index (χ3v) is 8.30. The van der Waals surface area contributed by atoms with Crippen LogP contribution in [0.3, 0.4) is 0 Å². The number of rotatable bonds is 2. The molecule has 0 saturated carbocycles. The summed E-state index contributed by atoms with van der Waals surface area (Å²) < 4.78 is 43.4. The molecule has 0 aliphatic rings. The van der Waals surface area contributed by atoms with Crippen molar-refractivity contribution in [3.63, 3.8) is 0 Å². The van der Waals surface area contributed by atoms with Crippen molar-refractivity contribution in [1.29, 1.82) is 0 Å². The first-order valence-electron chi connectivity index (χ1n) is 15.8. The zero-order chi connectivity index (χ0) is 30.4. The summed E-state index contributed by atoms with van der Waals surface area (Å²) in [6, 6.07) is 40.1. The normalized spacial score (nSPS) is 13.3. The number of hydrogen-bond acceptors (Lipinski definition) is 1. The maximum absolute atomic E-state index is 9.32. The van der Waals surface area contributed by atoms with Crippen molar-refractivity contribution in [2.45, 2.75) is 0 Å². The van der Waals surface area contributed by atoms with Gasteiger partial charge in [0.2, 0.25) is 0 Å². The van der Waals surface area contributed by atoms with E-state index in [1.807, 2.05) is 84.9 Å². The highest BCUT2D eigenvalue weighted by Crippen LogP contribution is 2.40. The van der Waals surface area contributed by atoms with Gasteiger partial charge in [-0.25, -0.2) is 0 Å². The third-order valence-electron chi connectivity index (χ3n) is 8.30. The molecule has 1 aromatic heterocycles. The number of fused-ring (bicyclic) bond motifs is 9. The Morgan fingerprint density at radius 1 is 0.390 bits per heavy atom. The van der Waals surface area contributed by atoms with Crippen molar-refractivity contribution in [2.75, 3.05) is 0 Å². The summed E-state index contributed by atoms with van der Waals surface area (Å²) in [6.45, 7) is 0. The molecule has 0 atom stereocenters. The van der Waals surface area contributed by atoms with Crippen LogP contribution < -0.4 is 0 Å². The molecular formula is C40H24O. The second-order valence-corrected chi connectivity index (χ2v) is 10.6. The molecular weight excluding hydrogens is 496 g/mol. The summed E-state index contributed by atoms with van der Waals surface area (Å²) in [5, 5.41) is 9.94. The number of hydrogen-bond donors (Lipinski definition) is 0. The van der Waals surface area contributed by atoms with E-state index >= 15 is 0 Å². The fourth-order valence-electron chi connectivity index (χ4n) is 6.33. The molecule has 0 saturated heterocycles. The van der Waals surface area contributed by atoms with E-state index in [0.29, 0.717) is 16.7 Å². The van der Waals surface area contributed by atoms with Crippen molar-refractivity contribution in [2.24, 2.45) is 0 Å². The zero-order valence-corrected chi connectivity index (χ0v) is 22.0. The Kier molecular flexibility index (Phi) is 3.92. The average Bonchev–Trinajstić information content (AvgIpc) is 3.46. The van der Waals surface area contributed by atoms with Crippen LogP contribution in [0.2, 0.25) is 0 Å². The van der Waals surface area contributed by atoms with Crippen LogP contribution in [-0.4, -0.2) is 0 Å². The second kappa shape index (κ2) is 8.55. The number of furan rings is 1. The maximum atomic E-state index is 9.32. The van der Waals surface area contributed by atoms with Crippen LogP contribution >= 0.6 is 0 Å². The monoisotopic (exact) mass is 524 g/mol. The van der Waals surface area contributed by atoms with E-state index in [1.165, 1.54) is 0 Å². The predicted molar refractivity (Wildman–Crippen MR) is 175 cm³/mol. The standard InChI is InChI=1S/C40H24O/c1-4-10-31-26(7-1)17-20-34-36(31)24-30-9-3-5-11-32(30)39(34)28-15-13-25(14-16-28)29-19-22-38-37(23-29)35-21-18-27-8-2-6-12-33(27)40(35)41-38/h1-24H/i13D,14D,15D,16D. The fraction of sp³-hybridized carbons (Fsp3) is 0. The zero-order valence-electron chi connectivity index (χ0n) is 26.0. The lowest BCUT2D eigenvalue weighted by molar-refractivity contribution is 0.672. The highest BCUT2D eigenvalue weighted by molar-refractivity contribution is 6.20. The lowest BCUT2D eigenvalue weighted by Crippen LogP contribution is -1.87. The highest BCUT2D eigenvalue weighted by atomic mass is 16.3. The van der Waals surface area contributed by atoms with E-state index in [2.05, 4.69) is 36.4 Å². The van der Waals surface area contributed by atoms with Crippen LogP contribution in [0.4, 0.5) is 0 Å². The Morgan fingerprint density at radius 3 is 1.83 bits per heavy atom. The van der Waals surface area contributed by atoms with Gasteiger partial charge in [-0.2, -0.15) is 0 Å². The van der Waals surface area contributed by atoms with E-state index in [1.54, 1.807) is 0 Å². The summed E-state index contributed by atoms with van der Waals surface area (Å²) >= 11 is 0. The van der Waals surface area contributed by atoms with Crippen LogP contribution in [0.25, 0.3) is 87.3 Å². The molecule has 9 aromatic rings. The minimum atomic E-state index is -0.0644. The summed E-state index contributed by atoms with van der Waals surface area (Å²) in [7, 11) is 0. The summed E-state index contributed by atoms with van der Waals surface area (Å²) in [6.07, 6.45) is 0. The summed E-state index contributed by atoms with van der Waals surface area (Å²) in [5.74, 6) is 0. The van der Waals surface area contributed by atoms with Gasteiger partial charge in [-0.05, 0) is 84.2 Å². The fourth-order valence-corrected chi connectivity index (χ4v) is 6.33. The van der Waals surface area contributed by atoms with Crippen LogP contribution in [0.15, 0.2) is 150 Å². The van der Waals surface area contributed by atoms with Crippen molar-refractivity contribution < 1.29 is 9.90 Å². The van der Waals surface area contributed by atoms with Gasteiger partial charge in [0, 0.05) is 16.2 Å². The SMILES string of the molecule is [2H]c1c([2H])c(-c2c3ccccc3cc3c2ccc2ccccc23)c([2H])c([2H])c1-c1ccc2oc3c4ccccc4ccc3c2c1. The van der Waals surface area contributed by atoms with Crippen molar-refractivity contribution in [3.05, 3.63) is 145 Å². The van der Waals surface area contributed by atoms with Gasteiger partial charge in [-0.1, -0.05) is 121 Å². The van der Waals surface area contributed by atoms with Crippen molar-refractivity contribution in [1.82, 2.24) is 0 Å². The predicted octanol–water partition coefficient (Wildman–Crippen LogP) is 11.5. The van der Waals surface area contributed by atoms with Gasteiger partial charge in [0.1, 0.15) is 11.2 Å². The first kappa shape index (κ1) is 18.8. The van der Waals surface area contributed by atoms with Gasteiger partial charge in [0.25, 0.3) is 0 Å². The Morgan fingerprint density at radius 2 is 1.02 bits per heavy atom. The molecule has 0 amide bonds. The smallest absolute Gasteiger partial charge is 0.143 e. The Balaban J connectivity index is 1.32. The van der Waals surface area contributed by atoms with E-state index in [-0.39, 0.29) is 29.7 Å². The molecule has 41 heavy (non-hydrogen) atoms. The van der Waals surface area contributed by atoms with Crippen LogP contribution in [0.5, 0.6) is 0 Å². The first-order valence-corrected chi connectivity index (χ1v) is 13.8. The molecule has 0 radical (unpaired) electrons. The third kappa shape index (κ3) is 3.36. The molecule has 8 aromatic carbocycles. The Hall–Kier alpha value is -5.40. The largest absolute Gasteiger partial charge is 0.455 e. The van der Waals surface area contributed by atoms with Crippen LogP contribution in [-0.2, 0) is 0 Å². The number of benzene rings is 8. The molecule has 0 unspecified atom stereocenters. The Bertz CT molecular complexity index is 2680. The first-order chi connectivity index (χ1) is 22.0. The van der Waals surface area contributed by atoms with E-state index < -0.39 is 0 Å². The molecule has 0 bridgehead atoms. The minimum Gasteiger partial charge on any atom is -0.455 e. The molecule has 1 heterocycles. The van der Waals surface area contributed by atoms with E-state index in [4.69, 9.17) is 4.42 Å². The van der Waals surface area contributed by atoms with Gasteiger partial charge in [0.15, 0.2) is 0 Å². The topological polar surface area (TPSA) is 13.1 Å². The molecule has 0 spiro atoms. The Labute approximate surface area is 242 Å². The van der Waals surface area contributed by atoms with E-state index in [0.717, 1.165) is 65.0 Å². The average molecular weight is 525 g/mol. The maximum Gasteiger partial charge on any atom is 0.143 e. The molecule has 0 aliphatic carbocycles. The quantitative estimate of drug-likeness (QED) is 0.162. The van der Waals surface area contributed by atoms with Crippen molar-refractivity contribution >= 4 is 65.0 Å². The molecule has 1 nitrogen and oxygen atoms in total. The van der Waals surface area contributed by atoms with Crippen LogP contribution in [0, 0.1) is 0 Å². The molecule has 190 valence electrons. The van der Waals surface area contributed by atoms with E-state index in [9.17, 15) is 5.48 Å². The van der Waals surface area contributed by atoms with Gasteiger partial charge in [-0.3, -0.25) is 0 Å². The van der Waals surface area contributed by atoms with Gasteiger partial charge in [-0.15, -0.1) is 0 Å². The molecule has 0 N–H and O–H groups in total. The lowest BCUT2D eigenvalue weighted by Gasteiger charge is -2.14. The second-order valence-electron chi connectivity index (χ2n) is 10.6. The molecule has 1 heteroatoms. The lowest BCUT2D eigenvalue weighted by atomic mass is 9.89. The minimum absolute atomic E-state index is 0.0556. The van der Waals surface area contributed by atoms with Gasteiger partial charge in [0.05, 0.1) is 5.48 Å². The van der Waals surface area contributed by atoms with Gasteiger partial charge < -0.3 is 4.42 Å². The van der Waals surface area contributed by atoms with Crippen molar-refractivity contribution in [3.8, 4) is 22.3 Å². The highest BCUT2D eigenvalue weighted by Gasteiger charge is 2.14. The molecule has 0 aliphatic heterocycles. The van der Waals surface area contributed by atoms with Gasteiger partial charge >= 0.3 is 0 Å².